The minimum atomic E-state index is -0.229. The first-order chi connectivity index (χ1) is 8.77. The van der Waals surface area contributed by atoms with Crippen LogP contribution in [0.4, 0.5) is 0 Å². The lowest BCUT2D eigenvalue weighted by molar-refractivity contribution is 0.557. The van der Waals surface area contributed by atoms with E-state index in [-0.39, 0.29) is 5.63 Å². The Balaban J connectivity index is 2.32. The number of hydrogen-bond acceptors (Lipinski definition) is 2. The molecule has 0 amide bonds. The van der Waals surface area contributed by atoms with E-state index in [0.717, 1.165) is 34.9 Å². The molecule has 0 fully saturated rings. The quantitative estimate of drug-likeness (QED) is 0.707. The van der Waals surface area contributed by atoms with Crippen molar-refractivity contribution < 1.29 is 4.42 Å². The lowest BCUT2D eigenvalue weighted by Gasteiger charge is -2.12. The molecule has 2 aromatic rings. The number of para-hydroxylation sites is 1. The van der Waals surface area contributed by atoms with Gasteiger partial charge in [0.25, 0.3) is 0 Å². The second kappa shape index (κ2) is 4.30. The molecule has 18 heavy (non-hydrogen) atoms. The molecule has 2 heteroatoms. The van der Waals surface area contributed by atoms with Crippen molar-refractivity contribution in [2.24, 2.45) is 0 Å². The SMILES string of the molecule is Cc1c(C2=CC=CCC2)c(=O)oc2ccccc12. The standard InChI is InChI=1S/C16H14O2/c1-11-13-9-5-6-10-14(13)18-16(17)15(11)12-7-3-2-4-8-12/h2-3,5-7,9-10H,4,8H2,1H3. The predicted octanol–water partition coefficient (Wildman–Crippen LogP) is 3.83. The molecule has 1 aromatic heterocycles. The molecule has 0 unspecified atom stereocenters. The lowest BCUT2D eigenvalue weighted by Crippen LogP contribution is -2.10. The van der Waals surface area contributed by atoms with E-state index in [1.165, 1.54) is 0 Å². The molecule has 2 nitrogen and oxygen atoms in total. The molecular weight excluding hydrogens is 224 g/mol. The molecule has 0 atom stereocenters. The molecule has 0 bridgehead atoms. The van der Waals surface area contributed by atoms with Crippen LogP contribution >= 0.6 is 0 Å². The van der Waals surface area contributed by atoms with Gasteiger partial charge in [0.05, 0.1) is 5.56 Å². The molecule has 1 aliphatic rings. The number of aryl methyl sites for hydroxylation is 1. The van der Waals surface area contributed by atoms with Gasteiger partial charge in [-0.3, -0.25) is 0 Å². The molecule has 3 rings (SSSR count). The summed E-state index contributed by atoms with van der Waals surface area (Å²) in [5.41, 5.74) is 3.26. The van der Waals surface area contributed by atoms with Crippen LogP contribution in [0.5, 0.6) is 0 Å². The van der Waals surface area contributed by atoms with Gasteiger partial charge in [-0.1, -0.05) is 36.4 Å². The zero-order chi connectivity index (χ0) is 12.5. The first-order valence-electron chi connectivity index (χ1n) is 6.16. The average Bonchev–Trinajstić information content (AvgIpc) is 2.40. The normalized spacial score (nSPS) is 14.8. The van der Waals surface area contributed by atoms with Gasteiger partial charge in [-0.2, -0.15) is 0 Å². The Morgan fingerprint density at radius 3 is 2.83 bits per heavy atom. The van der Waals surface area contributed by atoms with Crippen molar-refractivity contribution >= 4 is 16.5 Å². The van der Waals surface area contributed by atoms with Crippen LogP contribution in [0.3, 0.4) is 0 Å². The first-order valence-corrected chi connectivity index (χ1v) is 6.16. The highest BCUT2D eigenvalue weighted by Crippen LogP contribution is 2.27. The van der Waals surface area contributed by atoms with Crippen molar-refractivity contribution in [2.45, 2.75) is 19.8 Å². The van der Waals surface area contributed by atoms with E-state index in [9.17, 15) is 4.79 Å². The highest BCUT2D eigenvalue weighted by atomic mass is 16.4. The van der Waals surface area contributed by atoms with E-state index >= 15 is 0 Å². The maximum absolute atomic E-state index is 12.1. The number of hydrogen-bond donors (Lipinski definition) is 0. The molecule has 0 N–H and O–H groups in total. The lowest BCUT2D eigenvalue weighted by atomic mass is 9.94. The van der Waals surface area contributed by atoms with Gasteiger partial charge in [-0.15, -0.1) is 0 Å². The summed E-state index contributed by atoms with van der Waals surface area (Å²) in [4.78, 5) is 12.1. The summed E-state index contributed by atoms with van der Waals surface area (Å²) in [6.07, 6.45) is 8.02. The van der Waals surface area contributed by atoms with Crippen molar-refractivity contribution in [1.82, 2.24) is 0 Å². The van der Waals surface area contributed by atoms with E-state index in [1.54, 1.807) is 0 Å². The maximum atomic E-state index is 12.1. The van der Waals surface area contributed by atoms with Crippen LogP contribution in [-0.4, -0.2) is 0 Å². The molecule has 1 aromatic carbocycles. The van der Waals surface area contributed by atoms with Crippen LogP contribution in [0, 0.1) is 6.92 Å². The molecule has 0 saturated heterocycles. The topological polar surface area (TPSA) is 30.2 Å². The third-order valence-corrected chi connectivity index (χ3v) is 3.41. The van der Waals surface area contributed by atoms with Gasteiger partial charge in [0.2, 0.25) is 0 Å². The fourth-order valence-corrected chi connectivity index (χ4v) is 2.49. The van der Waals surface area contributed by atoms with Gasteiger partial charge in [-0.05, 0) is 37.0 Å². The number of rotatable bonds is 1. The summed E-state index contributed by atoms with van der Waals surface area (Å²) >= 11 is 0. The minimum Gasteiger partial charge on any atom is -0.422 e. The van der Waals surface area contributed by atoms with Crippen LogP contribution in [0.15, 0.2) is 51.7 Å². The van der Waals surface area contributed by atoms with E-state index in [0.29, 0.717) is 5.58 Å². The van der Waals surface area contributed by atoms with Crippen molar-refractivity contribution in [2.75, 3.05) is 0 Å². The summed E-state index contributed by atoms with van der Waals surface area (Å²) < 4.78 is 5.41. The van der Waals surface area contributed by atoms with Crippen molar-refractivity contribution in [3.8, 4) is 0 Å². The fourth-order valence-electron chi connectivity index (χ4n) is 2.49. The molecule has 90 valence electrons. The maximum Gasteiger partial charge on any atom is 0.344 e. The van der Waals surface area contributed by atoms with Crippen molar-refractivity contribution in [3.63, 3.8) is 0 Å². The molecule has 1 heterocycles. The third-order valence-electron chi connectivity index (χ3n) is 3.41. The Labute approximate surface area is 105 Å². The van der Waals surface area contributed by atoms with Gasteiger partial charge in [0.15, 0.2) is 0 Å². The van der Waals surface area contributed by atoms with Crippen LogP contribution < -0.4 is 5.63 Å². The summed E-state index contributed by atoms with van der Waals surface area (Å²) in [6, 6.07) is 7.68. The monoisotopic (exact) mass is 238 g/mol. The summed E-state index contributed by atoms with van der Waals surface area (Å²) in [5, 5.41) is 1.02. The van der Waals surface area contributed by atoms with E-state index < -0.39 is 0 Å². The zero-order valence-corrected chi connectivity index (χ0v) is 10.3. The van der Waals surface area contributed by atoms with Crippen LogP contribution in [0.2, 0.25) is 0 Å². The Hall–Kier alpha value is -2.09. The van der Waals surface area contributed by atoms with Crippen LogP contribution in [0.1, 0.15) is 24.0 Å². The smallest absolute Gasteiger partial charge is 0.344 e. The Morgan fingerprint density at radius 2 is 2.06 bits per heavy atom. The molecule has 0 spiro atoms. The Morgan fingerprint density at radius 1 is 1.22 bits per heavy atom. The van der Waals surface area contributed by atoms with Crippen molar-refractivity contribution in [1.29, 1.82) is 0 Å². The highest BCUT2D eigenvalue weighted by Gasteiger charge is 2.15. The van der Waals surface area contributed by atoms with Crippen LogP contribution in [-0.2, 0) is 0 Å². The molecule has 1 aliphatic carbocycles. The molecule has 0 saturated carbocycles. The Kier molecular flexibility index (Phi) is 2.63. The van der Waals surface area contributed by atoms with Gasteiger partial charge >= 0.3 is 5.63 Å². The summed E-state index contributed by atoms with van der Waals surface area (Å²) in [5.74, 6) is 0. The second-order valence-corrected chi connectivity index (χ2v) is 4.54. The number of allylic oxidation sites excluding steroid dienone is 4. The van der Waals surface area contributed by atoms with E-state index in [4.69, 9.17) is 4.42 Å². The molecular formula is C16H14O2. The average molecular weight is 238 g/mol. The minimum absolute atomic E-state index is 0.229. The largest absolute Gasteiger partial charge is 0.422 e. The fraction of sp³-hybridized carbons (Fsp3) is 0.188. The molecule has 0 aliphatic heterocycles. The third kappa shape index (κ3) is 1.70. The van der Waals surface area contributed by atoms with Gasteiger partial charge in [0, 0.05) is 5.39 Å². The number of benzene rings is 1. The number of fused-ring (bicyclic) bond motifs is 1. The van der Waals surface area contributed by atoms with Gasteiger partial charge in [-0.25, -0.2) is 4.79 Å². The van der Waals surface area contributed by atoms with Crippen LogP contribution in [0.25, 0.3) is 16.5 Å². The predicted molar refractivity (Wildman–Crippen MR) is 73.6 cm³/mol. The van der Waals surface area contributed by atoms with Gasteiger partial charge < -0.3 is 4.42 Å². The van der Waals surface area contributed by atoms with E-state index in [2.05, 4.69) is 6.08 Å². The highest BCUT2D eigenvalue weighted by molar-refractivity contribution is 5.85. The van der Waals surface area contributed by atoms with Crippen molar-refractivity contribution in [3.05, 3.63) is 64.0 Å². The Bertz CT molecular complexity index is 717. The molecule has 0 radical (unpaired) electrons. The zero-order valence-electron chi connectivity index (χ0n) is 10.3. The van der Waals surface area contributed by atoms with Gasteiger partial charge in [0.1, 0.15) is 5.58 Å². The summed E-state index contributed by atoms with van der Waals surface area (Å²) in [7, 11) is 0. The first kappa shape index (κ1) is 11.0. The summed E-state index contributed by atoms with van der Waals surface area (Å²) in [6.45, 7) is 1.99. The van der Waals surface area contributed by atoms with E-state index in [1.807, 2.05) is 43.3 Å². The second-order valence-electron chi connectivity index (χ2n) is 4.54.